The minimum atomic E-state index is -0.948. The first-order valence-electron chi connectivity index (χ1n) is 5.79. The quantitative estimate of drug-likeness (QED) is 0.626. The highest BCUT2D eigenvalue weighted by atomic mass is 127. The molecule has 0 aliphatic carbocycles. The zero-order chi connectivity index (χ0) is 13.7. The Bertz CT molecular complexity index is 569. The standard InChI is InChI=1S/C13H13IN2O3/c14-11-8-15-16(9-11)5-2-6-19-12-4-1-3-10(7-12)13(17)18/h1,3-4,7-9H,2,5-6H2,(H,17,18). The molecule has 2 aromatic rings. The first-order chi connectivity index (χ1) is 9.15. The van der Waals surface area contributed by atoms with Crippen LogP contribution in [0.3, 0.4) is 0 Å². The molecule has 0 atom stereocenters. The third-order valence-electron chi connectivity index (χ3n) is 2.48. The van der Waals surface area contributed by atoms with Gasteiger partial charge in [0.2, 0.25) is 0 Å². The molecule has 0 saturated heterocycles. The first kappa shape index (κ1) is 13.9. The highest BCUT2D eigenvalue weighted by Crippen LogP contribution is 2.13. The van der Waals surface area contributed by atoms with Gasteiger partial charge in [0.05, 0.1) is 21.9 Å². The van der Waals surface area contributed by atoms with E-state index in [-0.39, 0.29) is 5.56 Å². The van der Waals surface area contributed by atoms with Gasteiger partial charge >= 0.3 is 5.97 Å². The summed E-state index contributed by atoms with van der Waals surface area (Å²) in [7, 11) is 0. The molecule has 0 unspecified atom stereocenters. The van der Waals surface area contributed by atoms with Gasteiger partial charge in [0, 0.05) is 19.2 Å². The number of aryl methyl sites for hydroxylation is 1. The maximum Gasteiger partial charge on any atom is 0.335 e. The van der Waals surface area contributed by atoms with Crippen molar-refractivity contribution in [2.75, 3.05) is 6.61 Å². The molecule has 0 saturated carbocycles. The SMILES string of the molecule is O=C(O)c1cccc(OCCCn2cc(I)cn2)c1. The van der Waals surface area contributed by atoms with Crippen molar-refractivity contribution >= 4 is 28.6 Å². The number of hydrogen-bond acceptors (Lipinski definition) is 3. The van der Waals surface area contributed by atoms with Crippen molar-refractivity contribution in [1.29, 1.82) is 0 Å². The van der Waals surface area contributed by atoms with Crippen LogP contribution >= 0.6 is 22.6 Å². The lowest BCUT2D eigenvalue weighted by atomic mass is 10.2. The Hall–Kier alpha value is -1.57. The molecule has 2 rings (SSSR count). The summed E-state index contributed by atoms with van der Waals surface area (Å²) in [5, 5.41) is 13.0. The highest BCUT2D eigenvalue weighted by Gasteiger charge is 2.03. The Balaban J connectivity index is 1.79. The van der Waals surface area contributed by atoms with Crippen LogP contribution in [0.5, 0.6) is 5.75 Å². The fourth-order valence-electron chi connectivity index (χ4n) is 1.60. The zero-order valence-corrected chi connectivity index (χ0v) is 12.3. The smallest absolute Gasteiger partial charge is 0.335 e. The number of aromatic carboxylic acids is 1. The molecule has 1 heterocycles. The lowest BCUT2D eigenvalue weighted by molar-refractivity contribution is 0.0696. The van der Waals surface area contributed by atoms with E-state index in [1.54, 1.807) is 24.4 Å². The van der Waals surface area contributed by atoms with Crippen LogP contribution in [0, 0.1) is 3.57 Å². The molecule has 1 N–H and O–H groups in total. The third kappa shape index (κ3) is 4.23. The zero-order valence-electron chi connectivity index (χ0n) is 10.1. The largest absolute Gasteiger partial charge is 0.494 e. The van der Waals surface area contributed by atoms with Crippen molar-refractivity contribution in [2.45, 2.75) is 13.0 Å². The molecule has 0 radical (unpaired) electrons. The van der Waals surface area contributed by atoms with Crippen molar-refractivity contribution in [3.63, 3.8) is 0 Å². The predicted molar refractivity (Wildman–Crippen MR) is 78.5 cm³/mol. The Labute approximate surface area is 124 Å². The van der Waals surface area contributed by atoms with E-state index in [0.717, 1.165) is 16.5 Å². The minimum Gasteiger partial charge on any atom is -0.494 e. The number of rotatable bonds is 6. The van der Waals surface area contributed by atoms with Gasteiger partial charge in [0.15, 0.2) is 0 Å². The predicted octanol–water partition coefficient (Wildman–Crippen LogP) is 2.66. The summed E-state index contributed by atoms with van der Waals surface area (Å²) in [5.41, 5.74) is 0.235. The second kappa shape index (κ2) is 6.55. The molecule has 6 heteroatoms. The van der Waals surface area contributed by atoms with Gasteiger partial charge in [0.25, 0.3) is 0 Å². The van der Waals surface area contributed by atoms with Gasteiger partial charge < -0.3 is 9.84 Å². The van der Waals surface area contributed by atoms with Crippen molar-refractivity contribution in [3.05, 3.63) is 45.8 Å². The van der Waals surface area contributed by atoms with E-state index in [1.807, 2.05) is 10.9 Å². The summed E-state index contributed by atoms with van der Waals surface area (Å²) in [4.78, 5) is 10.8. The van der Waals surface area contributed by atoms with Gasteiger partial charge in [0.1, 0.15) is 5.75 Å². The van der Waals surface area contributed by atoms with Crippen LogP contribution in [-0.2, 0) is 6.54 Å². The summed E-state index contributed by atoms with van der Waals surface area (Å²) in [6.45, 7) is 1.31. The van der Waals surface area contributed by atoms with Crippen LogP contribution in [0.4, 0.5) is 0 Å². The fourth-order valence-corrected chi connectivity index (χ4v) is 2.04. The van der Waals surface area contributed by atoms with Crippen LogP contribution in [0.2, 0.25) is 0 Å². The summed E-state index contributed by atoms with van der Waals surface area (Å²) in [6.07, 6.45) is 4.58. The van der Waals surface area contributed by atoms with Crippen LogP contribution in [0.15, 0.2) is 36.7 Å². The second-order valence-corrected chi connectivity index (χ2v) is 5.20. The maximum atomic E-state index is 10.8. The first-order valence-corrected chi connectivity index (χ1v) is 6.87. The number of hydrogen-bond donors (Lipinski definition) is 1. The number of carbonyl (C=O) groups is 1. The number of nitrogens with zero attached hydrogens (tertiary/aromatic N) is 2. The van der Waals surface area contributed by atoms with Crippen LogP contribution in [0.1, 0.15) is 16.8 Å². The molecule has 0 aliphatic rings. The van der Waals surface area contributed by atoms with Gasteiger partial charge in [-0.15, -0.1) is 0 Å². The van der Waals surface area contributed by atoms with Crippen molar-refractivity contribution in [3.8, 4) is 5.75 Å². The minimum absolute atomic E-state index is 0.235. The molecule has 100 valence electrons. The second-order valence-electron chi connectivity index (χ2n) is 3.96. The van der Waals surface area contributed by atoms with Crippen LogP contribution < -0.4 is 4.74 Å². The van der Waals surface area contributed by atoms with E-state index in [2.05, 4.69) is 27.7 Å². The average molecular weight is 372 g/mol. The van der Waals surface area contributed by atoms with E-state index >= 15 is 0 Å². The summed E-state index contributed by atoms with van der Waals surface area (Å²) >= 11 is 2.21. The third-order valence-corrected chi connectivity index (χ3v) is 3.04. The summed E-state index contributed by atoms with van der Waals surface area (Å²) in [6, 6.07) is 6.50. The van der Waals surface area contributed by atoms with Crippen LogP contribution in [-0.4, -0.2) is 27.5 Å². The van der Waals surface area contributed by atoms with Crippen molar-refractivity contribution in [1.82, 2.24) is 9.78 Å². The van der Waals surface area contributed by atoms with Crippen molar-refractivity contribution in [2.24, 2.45) is 0 Å². The molecule has 5 nitrogen and oxygen atoms in total. The summed E-state index contributed by atoms with van der Waals surface area (Å²) < 4.78 is 8.48. The van der Waals surface area contributed by atoms with E-state index < -0.39 is 5.97 Å². The van der Waals surface area contributed by atoms with Crippen molar-refractivity contribution < 1.29 is 14.6 Å². The molecule has 0 bridgehead atoms. The molecule has 19 heavy (non-hydrogen) atoms. The molecular formula is C13H13IN2O3. The van der Waals surface area contributed by atoms with Gasteiger partial charge in [-0.1, -0.05) is 6.07 Å². The lowest BCUT2D eigenvalue weighted by Crippen LogP contribution is -2.05. The number of ether oxygens (including phenoxy) is 1. The molecule has 0 spiro atoms. The highest BCUT2D eigenvalue weighted by molar-refractivity contribution is 14.1. The number of halogens is 1. The molecule has 0 amide bonds. The van der Waals surface area contributed by atoms with Gasteiger partial charge in [-0.2, -0.15) is 5.10 Å². The number of aromatic nitrogens is 2. The molecular weight excluding hydrogens is 359 g/mol. The van der Waals surface area contributed by atoms with Gasteiger partial charge in [-0.3, -0.25) is 4.68 Å². The summed E-state index contributed by atoms with van der Waals surface area (Å²) in [5.74, 6) is -0.369. The Morgan fingerprint density at radius 2 is 2.32 bits per heavy atom. The van der Waals surface area contributed by atoms with E-state index in [1.165, 1.54) is 6.07 Å². The number of carboxylic acids is 1. The van der Waals surface area contributed by atoms with Gasteiger partial charge in [-0.05, 0) is 40.8 Å². The van der Waals surface area contributed by atoms with E-state index in [4.69, 9.17) is 9.84 Å². The molecule has 1 aromatic carbocycles. The lowest BCUT2D eigenvalue weighted by Gasteiger charge is -2.06. The monoisotopic (exact) mass is 372 g/mol. The van der Waals surface area contributed by atoms with E-state index in [0.29, 0.717) is 12.4 Å². The molecule has 0 fully saturated rings. The molecule has 1 aromatic heterocycles. The number of carboxylic acid groups (broad SMARTS) is 1. The van der Waals surface area contributed by atoms with E-state index in [9.17, 15) is 4.79 Å². The molecule has 0 aliphatic heterocycles. The average Bonchev–Trinajstić information content (AvgIpc) is 2.81. The Morgan fingerprint density at radius 3 is 3.00 bits per heavy atom. The maximum absolute atomic E-state index is 10.8. The Kier molecular flexibility index (Phi) is 4.78. The topological polar surface area (TPSA) is 64.3 Å². The van der Waals surface area contributed by atoms with Crippen LogP contribution in [0.25, 0.3) is 0 Å². The fraction of sp³-hybridized carbons (Fsp3) is 0.231. The van der Waals surface area contributed by atoms with Gasteiger partial charge in [-0.25, -0.2) is 4.79 Å². The normalized spacial score (nSPS) is 10.4. The number of benzene rings is 1. The Morgan fingerprint density at radius 1 is 1.47 bits per heavy atom.